The highest BCUT2D eigenvalue weighted by Gasteiger charge is 2.31. The van der Waals surface area contributed by atoms with E-state index < -0.39 is 17.4 Å². The van der Waals surface area contributed by atoms with Gasteiger partial charge in [-0.05, 0) is 40.0 Å². The van der Waals surface area contributed by atoms with Gasteiger partial charge in [0.05, 0.1) is 17.5 Å². The summed E-state index contributed by atoms with van der Waals surface area (Å²) < 4.78 is 42.9. The van der Waals surface area contributed by atoms with Crippen LogP contribution in [0.4, 0.5) is 13.2 Å². The van der Waals surface area contributed by atoms with Crippen LogP contribution in [0.2, 0.25) is 0 Å². The van der Waals surface area contributed by atoms with Crippen molar-refractivity contribution in [3.8, 4) is 5.75 Å². The molecule has 1 aromatic carbocycles. The van der Waals surface area contributed by atoms with Gasteiger partial charge in [0.15, 0.2) is 0 Å². The average molecular weight is 390 g/mol. The zero-order valence-corrected chi connectivity index (χ0v) is 12.9. The van der Waals surface area contributed by atoms with E-state index in [9.17, 15) is 13.2 Å². The lowest BCUT2D eigenvalue weighted by atomic mass is 10.1. The first-order valence-corrected chi connectivity index (χ1v) is 7.17. The molecule has 0 spiro atoms. The molecule has 102 valence electrons. The van der Waals surface area contributed by atoms with Crippen molar-refractivity contribution in [3.05, 3.63) is 28.2 Å². The smallest absolute Gasteiger partial charge is 0.390 e. The Hall–Kier alpha value is -0.230. The molecule has 0 bridgehead atoms. The van der Waals surface area contributed by atoms with Crippen LogP contribution >= 0.6 is 31.9 Å². The third-order valence-corrected chi connectivity index (χ3v) is 3.66. The molecule has 1 rings (SSSR count). The highest BCUT2D eigenvalue weighted by molar-refractivity contribution is 9.10. The second kappa shape index (κ2) is 6.80. The molecule has 0 aliphatic heterocycles. The van der Waals surface area contributed by atoms with Crippen LogP contribution in [0.5, 0.6) is 5.75 Å². The van der Waals surface area contributed by atoms with Crippen molar-refractivity contribution in [1.29, 1.82) is 0 Å². The lowest BCUT2D eigenvalue weighted by molar-refractivity contribution is -0.134. The SMILES string of the molecule is CCCOc1ccc(C(Br)CC(F)(F)F)cc1Br. The molecule has 0 saturated heterocycles. The zero-order valence-electron chi connectivity index (χ0n) is 9.73. The first kappa shape index (κ1) is 15.8. The maximum atomic E-state index is 12.3. The molecule has 0 radical (unpaired) electrons. The third kappa shape index (κ3) is 5.18. The predicted octanol–water partition coefficient (Wildman–Crippen LogP) is 5.63. The average Bonchev–Trinajstić information content (AvgIpc) is 2.25. The van der Waals surface area contributed by atoms with E-state index in [4.69, 9.17) is 4.74 Å². The van der Waals surface area contributed by atoms with E-state index in [1.165, 1.54) is 0 Å². The fourth-order valence-electron chi connectivity index (χ4n) is 1.36. The van der Waals surface area contributed by atoms with E-state index in [0.29, 0.717) is 22.4 Å². The van der Waals surface area contributed by atoms with Crippen LogP contribution in [0.3, 0.4) is 0 Å². The second-order valence-corrected chi connectivity index (χ2v) is 5.78. The first-order valence-electron chi connectivity index (χ1n) is 5.46. The Morgan fingerprint density at radius 3 is 2.50 bits per heavy atom. The van der Waals surface area contributed by atoms with Crippen LogP contribution in [0.15, 0.2) is 22.7 Å². The fourth-order valence-corrected chi connectivity index (χ4v) is 2.52. The van der Waals surface area contributed by atoms with Crippen molar-refractivity contribution in [3.63, 3.8) is 0 Å². The van der Waals surface area contributed by atoms with Crippen molar-refractivity contribution >= 4 is 31.9 Å². The van der Waals surface area contributed by atoms with Gasteiger partial charge in [-0.3, -0.25) is 0 Å². The Labute approximate surface area is 121 Å². The maximum Gasteiger partial charge on any atom is 0.390 e. The molecule has 18 heavy (non-hydrogen) atoms. The molecule has 1 aromatic rings. The van der Waals surface area contributed by atoms with Crippen LogP contribution in [0.25, 0.3) is 0 Å². The van der Waals surface area contributed by atoms with Crippen molar-refractivity contribution < 1.29 is 17.9 Å². The summed E-state index contributed by atoms with van der Waals surface area (Å²) in [7, 11) is 0. The Bertz CT molecular complexity index is 393. The van der Waals surface area contributed by atoms with Crippen LogP contribution < -0.4 is 4.74 Å². The molecule has 1 atom stereocenters. The summed E-state index contributed by atoms with van der Waals surface area (Å²) in [5.74, 6) is 0.646. The van der Waals surface area contributed by atoms with Crippen LogP contribution in [0.1, 0.15) is 30.2 Å². The van der Waals surface area contributed by atoms with Crippen LogP contribution in [-0.4, -0.2) is 12.8 Å². The monoisotopic (exact) mass is 388 g/mol. The minimum absolute atomic E-state index is 0.572. The van der Waals surface area contributed by atoms with Crippen molar-refractivity contribution in [1.82, 2.24) is 0 Å². The molecule has 0 aliphatic rings. The molecular formula is C12H13Br2F3O. The lowest BCUT2D eigenvalue weighted by Crippen LogP contribution is -2.10. The molecular weight excluding hydrogens is 377 g/mol. The summed E-state index contributed by atoms with van der Waals surface area (Å²) >= 11 is 6.35. The molecule has 0 N–H and O–H groups in total. The number of benzene rings is 1. The van der Waals surface area contributed by atoms with E-state index in [1.54, 1.807) is 18.2 Å². The van der Waals surface area contributed by atoms with Gasteiger partial charge < -0.3 is 4.74 Å². The number of halogens is 5. The summed E-state index contributed by atoms with van der Waals surface area (Å²) in [4.78, 5) is -0.742. The Balaban J connectivity index is 2.77. The molecule has 1 unspecified atom stereocenters. The molecule has 0 fully saturated rings. The number of alkyl halides is 4. The first-order chi connectivity index (χ1) is 8.33. The van der Waals surface area contributed by atoms with Gasteiger partial charge in [-0.1, -0.05) is 28.9 Å². The van der Waals surface area contributed by atoms with Crippen LogP contribution in [0, 0.1) is 0 Å². The minimum Gasteiger partial charge on any atom is -0.492 e. The van der Waals surface area contributed by atoms with Gasteiger partial charge in [0, 0.05) is 4.83 Å². The molecule has 0 amide bonds. The molecule has 6 heteroatoms. The summed E-state index contributed by atoms with van der Waals surface area (Å²) in [6.07, 6.45) is -4.20. The normalized spacial score (nSPS) is 13.4. The highest BCUT2D eigenvalue weighted by atomic mass is 79.9. The van der Waals surface area contributed by atoms with E-state index >= 15 is 0 Å². The van der Waals surface area contributed by atoms with Gasteiger partial charge in [0.1, 0.15) is 5.75 Å². The van der Waals surface area contributed by atoms with Crippen LogP contribution in [-0.2, 0) is 0 Å². The summed E-state index contributed by atoms with van der Waals surface area (Å²) in [5, 5.41) is 0. The van der Waals surface area contributed by atoms with Crippen molar-refractivity contribution in [2.75, 3.05) is 6.61 Å². The van der Waals surface area contributed by atoms with Crippen molar-refractivity contribution in [2.24, 2.45) is 0 Å². The number of ether oxygens (including phenoxy) is 1. The van der Waals surface area contributed by atoms with Gasteiger partial charge in [0.25, 0.3) is 0 Å². The number of hydrogen-bond acceptors (Lipinski definition) is 1. The van der Waals surface area contributed by atoms with E-state index in [-0.39, 0.29) is 0 Å². The zero-order chi connectivity index (χ0) is 13.8. The predicted molar refractivity (Wildman–Crippen MR) is 72.3 cm³/mol. The quantitative estimate of drug-likeness (QED) is 0.593. The molecule has 0 saturated carbocycles. The van der Waals surface area contributed by atoms with E-state index in [1.807, 2.05) is 6.92 Å². The minimum atomic E-state index is -4.18. The highest BCUT2D eigenvalue weighted by Crippen LogP contribution is 2.38. The molecule has 0 aromatic heterocycles. The molecule has 1 nitrogen and oxygen atoms in total. The second-order valence-electron chi connectivity index (χ2n) is 3.83. The van der Waals surface area contributed by atoms with Gasteiger partial charge in [0.2, 0.25) is 0 Å². The topological polar surface area (TPSA) is 9.23 Å². The standard InChI is InChI=1S/C12H13Br2F3O/c1-2-5-18-11-4-3-8(6-9(11)13)10(14)7-12(15,16)17/h3-4,6,10H,2,5,7H2,1H3. The van der Waals surface area contributed by atoms with E-state index in [0.717, 1.165) is 6.42 Å². The summed E-state index contributed by atoms with van der Waals surface area (Å²) in [6, 6.07) is 4.97. The van der Waals surface area contributed by atoms with Gasteiger partial charge in [-0.2, -0.15) is 13.2 Å². The maximum absolute atomic E-state index is 12.3. The van der Waals surface area contributed by atoms with Gasteiger partial charge in [-0.15, -0.1) is 0 Å². The van der Waals surface area contributed by atoms with Crippen molar-refractivity contribution in [2.45, 2.75) is 30.8 Å². The number of hydrogen-bond donors (Lipinski definition) is 0. The largest absolute Gasteiger partial charge is 0.492 e. The van der Waals surface area contributed by atoms with Gasteiger partial charge >= 0.3 is 6.18 Å². The number of rotatable bonds is 5. The molecule has 0 aliphatic carbocycles. The Morgan fingerprint density at radius 1 is 1.33 bits per heavy atom. The van der Waals surface area contributed by atoms with E-state index in [2.05, 4.69) is 31.9 Å². The lowest BCUT2D eigenvalue weighted by Gasteiger charge is -2.14. The fraction of sp³-hybridized carbons (Fsp3) is 0.500. The third-order valence-electron chi connectivity index (χ3n) is 2.19. The van der Waals surface area contributed by atoms with Gasteiger partial charge in [-0.25, -0.2) is 0 Å². The Morgan fingerprint density at radius 2 is 2.00 bits per heavy atom. The summed E-state index contributed by atoms with van der Waals surface area (Å²) in [6.45, 7) is 2.57. The molecule has 0 heterocycles. The Kier molecular flexibility index (Phi) is 5.98. The summed E-state index contributed by atoms with van der Waals surface area (Å²) in [5.41, 5.74) is 0.572.